The van der Waals surface area contributed by atoms with Crippen LogP contribution in [0.4, 0.5) is 0 Å². The van der Waals surface area contributed by atoms with E-state index in [2.05, 4.69) is 18.8 Å². The summed E-state index contributed by atoms with van der Waals surface area (Å²) in [7, 11) is 1.53. The molecule has 0 saturated carbocycles. The van der Waals surface area contributed by atoms with E-state index in [4.69, 9.17) is 14.2 Å². The van der Waals surface area contributed by atoms with Crippen LogP contribution in [0.2, 0.25) is 0 Å². The van der Waals surface area contributed by atoms with Crippen LogP contribution >= 0.6 is 0 Å². The van der Waals surface area contributed by atoms with Gasteiger partial charge in [0.15, 0.2) is 11.5 Å². The highest BCUT2D eigenvalue weighted by molar-refractivity contribution is 6.46. The van der Waals surface area contributed by atoms with Crippen LogP contribution in [0, 0.1) is 12.8 Å². The standard InChI is InChI=1S/C31H34N2O6/c1-6-38-25-12-9-22(15-26(25)37-5)28-27(30(35)31(36)33(28)17-21-8-7-13-32-16-21)29(34)23-10-11-24(20(4)14-23)39-18-19(2)3/h7-16,19,28,34H,6,17-18H2,1-5H3/b29-27-. The quantitative estimate of drug-likeness (QED) is 0.211. The van der Waals surface area contributed by atoms with E-state index in [1.54, 1.807) is 54.9 Å². The zero-order valence-corrected chi connectivity index (χ0v) is 22.9. The predicted octanol–water partition coefficient (Wildman–Crippen LogP) is 5.45. The number of likely N-dealkylation sites (tertiary alicyclic amines) is 1. The van der Waals surface area contributed by atoms with E-state index < -0.39 is 17.7 Å². The minimum Gasteiger partial charge on any atom is -0.507 e. The van der Waals surface area contributed by atoms with E-state index >= 15 is 0 Å². The second kappa shape index (κ2) is 12.0. The van der Waals surface area contributed by atoms with E-state index in [9.17, 15) is 14.7 Å². The number of amides is 1. The highest BCUT2D eigenvalue weighted by atomic mass is 16.5. The Labute approximate surface area is 228 Å². The summed E-state index contributed by atoms with van der Waals surface area (Å²) in [5.74, 6) is 0.353. The van der Waals surface area contributed by atoms with Gasteiger partial charge in [0.25, 0.3) is 11.7 Å². The maximum Gasteiger partial charge on any atom is 0.295 e. The number of carbonyl (C=O) groups is 2. The number of hydrogen-bond acceptors (Lipinski definition) is 7. The first-order valence-corrected chi connectivity index (χ1v) is 13.0. The smallest absolute Gasteiger partial charge is 0.295 e. The maximum absolute atomic E-state index is 13.5. The van der Waals surface area contributed by atoms with E-state index in [1.807, 2.05) is 19.9 Å². The molecule has 1 aromatic heterocycles. The van der Waals surface area contributed by atoms with E-state index in [1.165, 1.54) is 12.0 Å². The van der Waals surface area contributed by atoms with Crippen molar-refractivity contribution >= 4 is 17.4 Å². The zero-order chi connectivity index (χ0) is 28.1. The third kappa shape index (κ3) is 5.90. The lowest BCUT2D eigenvalue weighted by molar-refractivity contribution is -0.140. The normalized spacial score (nSPS) is 16.6. The Morgan fingerprint density at radius 2 is 1.82 bits per heavy atom. The van der Waals surface area contributed by atoms with Gasteiger partial charge in [-0.2, -0.15) is 0 Å². The number of Topliss-reactive ketones (excluding diaryl/α,β-unsaturated/α-hetero) is 1. The van der Waals surface area contributed by atoms with Gasteiger partial charge < -0.3 is 24.2 Å². The first-order chi connectivity index (χ1) is 18.7. The number of rotatable bonds is 10. The molecule has 0 radical (unpaired) electrons. The van der Waals surface area contributed by atoms with Crippen molar-refractivity contribution in [2.45, 2.75) is 40.3 Å². The minimum atomic E-state index is -0.855. The third-order valence-electron chi connectivity index (χ3n) is 6.44. The van der Waals surface area contributed by atoms with Gasteiger partial charge in [-0.05, 0) is 72.9 Å². The Kier molecular flexibility index (Phi) is 8.54. The fourth-order valence-electron chi connectivity index (χ4n) is 4.58. The number of ether oxygens (including phenoxy) is 3. The van der Waals surface area contributed by atoms with Crippen LogP contribution in [-0.2, 0) is 16.1 Å². The minimum absolute atomic E-state index is 0.00496. The van der Waals surface area contributed by atoms with Gasteiger partial charge in [-0.3, -0.25) is 14.6 Å². The summed E-state index contributed by atoms with van der Waals surface area (Å²) >= 11 is 0. The Morgan fingerprint density at radius 3 is 2.46 bits per heavy atom. The van der Waals surface area contributed by atoms with Crippen molar-refractivity contribution in [3.8, 4) is 17.2 Å². The van der Waals surface area contributed by atoms with Crippen LogP contribution in [0.15, 0.2) is 66.5 Å². The molecule has 204 valence electrons. The fraction of sp³-hybridized carbons (Fsp3) is 0.323. The van der Waals surface area contributed by atoms with E-state index in [-0.39, 0.29) is 17.9 Å². The average Bonchev–Trinajstić information content (AvgIpc) is 3.17. The van der Waals surface area contributed by atoms with Crippen molar-refractivity contribution in [1.82, 2.24) is 9.88 Å². The van der Waals surface area contributed by atoms with Crippen LogP contribution in [0.5, 0.6) is 17.2 Å². The molecule has 0 aliphatic carbocycles. The Bertz CT molecular complexity index is 1380. The van der Waals surface area contributed by atoms with E-state index in [0.29, 0.717) is 47.5 Å². The number of benzene rings is 2. The van der Waals surface area contributed by atoms with Gasteiger partial charge in [-0.1, -0.05) is 26.0 Å². The molecule has 1 atom stereocenters. The summed E-state index contributed by atoms with van der Waals surface area (Å²) in [6.45, 7) is 9.03. The molecule has 1 amide bonds. The van der Waals surface area contributed by atoms with Gasteiger partial charge in [-0.25, -0.2) is 0 Å². The SMILES string of the molecule is CCOc1ccc(C2/C(=C(/O)c3ccc(OCC(C)C)c(C)c3)C(=O)C(=O)N2Cc2cccnc2)cc1OC. The molecule has 1 saturated heterocycles. The van der Waals surface area contributed by atoms with Crippen molar-refractivity contribution in [1.29, 1.82) is 0 Å². The summed E-state index contributed by atoms with van der Waals surface area (Å²) in [4.78, 5) is 32.4. The van der Waals surface area contributed by atoms with Crippen LogP contribution in [0.1, 0.15) is 49.1 Å². The summed E-state index contributed by atoms with van der Waals surface area (Å²) in [6, 6.07) is 13.2. The third-order valence-corrected chi connectivity index (χ3v) is 6.44. The molecule has 1 fully saturated rings. The van der Waals surface area contributed by atoms with Crippen LogP contribution < -0.4 is 14.2 Å². The molecule has 4 rings (SSSR count). The zero-order valence-electron chi connectivity index (χ0n) is 22.9. The second-order valence-electron chi connectivity index (χ2n) is 9.82. The number of methoxy groups -OCH3 is 1. The monoisotopic (exact) mass is 530 g/mol. The molecule has 8 heteroatoms. The highest BCUT2D eigenvalue weighted by Gasteiger charge is 2.46. The molecule has 1 aliphatic heterocycles. The van der Waals surface area contributed by atoms with Gasteiger partial charge in [-0.15, -0.1) is 0 Å². The number of hydrogen-bond donors (Lipinski definition) is 1. The molecule has 0 spiro atoms. The lowest BCUT2D eigenvalue weighted by Gasteiger charge is -2.26. The van der Waals surface area contributed by atoms with Crippen LogP contribution in [0.3, 0.4) is 0 Å². The molecule has 0 bridgehead atoms. The predicted molar refractivity (Wildman–Crippen MR) is 148 cm³/mol. The number of pyridine rings is 1. The van der Waals surface area contributed by atoms with Crippen LogP contribution in [-0.4, -0.2) is 47.0 Å². The van der Waals surface area contributed by atoms with Gasteiger partial charge in [0.2, 0.25) is 0 Å². The number of aliphatic hydroxyl groups is 1. The van der Waals surface area contributed by atoms with Crippen molar-refractivity contribution in [2.75, 3.05) is 20.3 Å². The number of aryl methyl sites for hydroxylation is 1. The largest absolute Gasteiger partial charge is 0.507 e. The fourth-order valence-corrected chi connectivity index (χ4v) is 4.58. The van der Waals surface area contributed by atoms with Gasteiger partial charge in [0.05, 0.1) is 31.9 Å². The molecule has 1 unspecified atom stereocenters. The molecule has 39 heavy (non-hydrogen) atoms. The summed E-state index contributed by atoms with van der Waals surface area (Å²) in [6.07, 6.45) is 3.29. The van der Waals surface area contributed by atoms with Gasteiger partial charge in [0, 0.05) is 24.5 Å². The average molecular weight is 531 g/mol. The second-order valence-corrected chi connectivity index (χ2v) is 9.82. The lowest BCUT2D eigenvalue weighted by Crippen LogP contribution is -2.29. The molecule has 1 aliphatic rings. The molecular formula is C31H34N2O6. The molecular weight excluding hydrogens is 496 g/mol. The van der Waals surface area contributed by atoms with E-state index in [0.717, 1.165) is 11.1 Å². The number of aliphatic hydroxyl groups excluding tert-OH is 1. The first kappa shape index (κ1) is 27.7. The molecule has 1 N–H and O–H groups in total. The molecule has 2 aromatic carbocycles. The summed E-state index contributed by atoms with van der Waals surface area (Å²) in [5, 5.41) is 11.5. The number of aromatic nitrogens is 1. The molecule has 2 heterocycles. The van der Waals surface area contributed by atoms with Crippen molar-refractivity contribution in [3.63, 3.8) is 0 Å². The summed E-state index contributed by atoms with van der Waals surface area (Å²) in [5.41, 5.74) is 2.60. The van der Waals surface area contributed by atoms with Crippen molar-refractivity contribution < 1.29 is 28.9 Å². The lowest BCUT2D eigenvalue weighted by atomic mass is 9.94. The first-order valence-electron chi connectivity index (χ1n) is 13.0. The van der Waals surface area contributed by atoms with Crippen molar-refractivity contribution in [2.24, 2.45) is 5.92 Å². The molecule has 8 nitrogen and oxygen atoms in total. The maximum atomic E-state index is 13.5. The number of ketones is 1. The Hall–Kier alpha value is -4.33. The van der Waals surface area contributed by atoms with Crippen molar-refractivity contribution in [3.05, 3.63) is 88.8 Å². The molecule has 3 aromatic rings. The Balaban J connectivity index is 1.83. The number of nitrogens with zero attached hydrogens (tertiary/aromatic N) is 2. The van der Waals surface area contributed by atoms with Crippen LogP contribution in [0.25, 0.3) is 5.76 Å². The van der Waals surface area contributed by atoms with Gasteiger partial charge >= 0.3 is 0 Å². The topological polar surface area (TPSA) is 98.2 Å². The Morgan fingerprint density at radius 1 is 1.05 bits per heavy atom. The summed E-state index contributed by atoms with van der Waals surface area (Å²) < 4.78 is 17.1. The van der Waals surface area contributed by atoms with Gasteiger partial charge in [0.1, 0.15) is 11.5 Å². The number of carbonyl (C=O) groups excluding carboxylic acids is 2. The highest BCUT2D eigenvalue weighted by Crippen LogP contribution is 2.43.